The number of phosphoric acid groups is 3. The van der Waals surface area contributed by atoms with Crippen LogP contribution in [-0.2, 0) is 31.6 Å². The van der Waals surface area contributed by atoms with Crippen molar-refractivity contribution in [3.63, 3.8) is 0 Å². The molecule has 7 N–H and O–H groups in total. The van der Waals surface area contributed by atoms with Crippen LogP contribution in [0.4, 0.5) is 4.39 Å². The quantitative estimate of drug-likeness (QED) is 0.144. The molecule has 3 unspecified atom stereocenters. The van der Waals surface area contributed by atoms with Crippen molar-refractivity contribution in [2.75, 3.05) is 0 Å². The molecule has 17 nitrogen and oxygen atoms in total. The molecule has 2 fully saturated rings. The van der Waals surface area contributed by atoms with Gasteiger partial charge >= 0.3 is 29.2 Å². The first-order valence-corrected chi connectivity index (χ1v) is 12.4. The highest BCUT2D eigenvalue weighted by Crippen LogP contribution is 2.74. The SMILES string of the molecule is C=C[C@]1(O)[C@H](n2ccc(=O)[nH]c2=O)O[C@]2(F)C(OP(=O)(O)OP(=O)(O)OP(=O)(O)O)[C@@]21O. The molecule has 1 aromatic heterocycles. The lowest BCUT2D eigenvalue weighted by Gasteiger charge is -2.32. The van der Waals surface area contributed by atoms with E-state index in [1.165, 1.54) is 0 Å². The van der Waals surface area contributed by atoms with Gasteiger partial charge in [0.25, 0.3) is 11.4 Å². The van der Waals surface area contributed by atoms with Gasteiger partial charge in [-0.3, -0.25) is 18.9 Å². The molecular formula is C11H14FN2O15P3. The average Bonchev–Trinajstić information content (AvgIpc) is 2.96. The number of H-pyrrole nitrogens is 1. The van der Waals surface area contributed by atoms with E-state index in [9.17, 15) is 38.4 Å². The third kappa shape index (κ3) is 3.93. The molecule has 1 saturated carbocycles. The Bertz CT molecular complexity index is 1230. The number of alkyl halides is 1. The van der Waals surface area contributed by atoms with Gasteiger partial charge in [-0.05, 0) is 0 Å². The van der Waals surface area contributed by atoms with E-state index in [4.69, 9.17) is 19.4 Å². The Kier molecular flexibility index (Phi) is 5.78. The summed E-state index contributed by atoms with van der Waals surface area (Å²) >= 11 is 0. The number of rotatable bonds is 8. The van der Waals surface area contributed by atoms with Crippen LogP contribution in [0.25, 0.3) is 0 Å². The molecule has 1 aliphatic heterocycles. The first-order valence-electron chi connectivity index (χ1n) is 7.91. The number of aliphatic hydroxyl groups is 2. The summed E-state index contributed by atoms with van der Waals surface area (Å²) in [5.74, 6) is -3.54. The molecule has 7 atom stereocenters. The number of aromatic nitrogens is 2. The van der Waals surface area contributed by atoms with Gasteiger partial charge < -0.3 is 34.5 Å². The fraction of sp³-hybridized carbons (Fsp3) is 0.455. The van der Waals surface area contributed by atoms with Crippen LogP contribution in [0.5, 0.6) is 0 Å². The van der Waals surface area contributed by atoms with Gasteiger partial charge in [0.15, 0.2) is 23.5 Å². The minimum atomic E-state index is -5.96. The molecule has 0 bridgehead atoms. The summed E-state index contributed by atoms with van der Waals surface area (Å²) in [5, 5.41) is 21.4. The highest BCUT2D eigenvalue weighted by molar-refractivity contribution is 7.66. The molecule has 1 aliphatic carbocycles. The largest absolute Gasteiger partial charge is 0.490 e. The Hall–Kier alpha value is -1.36. The fourth-order valence-electron chi connectivity index (χ4n) is 3.16. The molecule has 2 heterocycles. The van der Waals surface area contributed by atoms with Crippen molar-refractivity contribution in [1.82, 2.24) is 9.55 Å². The molecule has 32 heavy (non-hydrogen) atoms. The van der Waals surface area contributed by atoms with Crippen LogP contribution in [0.1, 0.15) is 6.23 Å². The van der Waals surface area contributed by atoms with Crippen molar-refractivity contribution in [2.24, 2.45) is 0 Å². The number of halogens is 1. The van der Waals surface area contributed by atoms with E-state index < -0.39 is 64.1 Å². The molecule has 21 heteroatoms. The Balaban J connectivity index is 1.89. The summed E-state index contributed by atoms with van der Waals surface area (Å²) < 4.78 is 65.6. The van der Waals surface area contributed by atoms with E-state index in [0.717, 1.165) is 12.3 Å². The second-order valence-corrected chi connectivity index (χ2v) is 10.9. The fourth-order valence-corrected chi connectivity index (χ4v) is 6.37. The minimum absolute atomic E-state index is 0.455. The number of fused-ring (bicyclic) bond motifs is 1. The van der Waals surface area contributed by atoms with Crippen LogP contribution in [-0.4, -0.2) is 62.5 Å². The van der Waals surface area contributed by atoms with Crippen LogP contribution >= 0.6 is 23.5 Å². The zero-order valence-electron chi connectivity index (χ0n) is 15.1. The van der Waals surface area contributed by atoms with Crippen molar-refractivity contribution in [2.45, 2.75) is 29.4 Å². The number of nitrogens with zero attached hydrogens (tertiary/aromatic N) is 1. The smallest absolute Gasteiger partial charge is 0.378 e. The first kappa shape index (κ1) is 25.3. The number of ether oxygens (including phenoxy) is 1. The number of hydrogen-bond acceptors (Lipinski definition) is 11. The number of hydrogen-bond donors (Lipinski definition) is 7. The van der Waals surface area contributed by atoms with Crippen molar-refractivity contribution in [3.8, 4) is 0 Å². The van der Waals surface area contributed by atoms with E-state index in [-0.39, 0.29) is 0 Å². The lowest BCUT2D eigenvalue weighted by molar-refractivity contribution is -0.171. The molecule has 0 radical (unpaired) electrons. The molecule has 1 saturated heterocycles. The lowest BCUT2D eigenvalue weighted by atomic mass is 9.92. The number of aromatic amines is 1. The zero-order chi connectivity index (χ0) is 24.5. The monoisotopic (exact) mass is 526 g/mol. The van der Waals surface area contributed by atoms with Crippen LogP contribution in [0.2, 0.25) is 0 Å². The van der Waals surface area contributed by atoms with E-state index >= 15 is 4.39 Å². The van der Waals surface area contributed by atoms with Crippen molar-refractivity contribution in [1.29, 1.82) is 0 Å². The minimum Gasteiger partial charge on any atom is -0.378 e. The van der Waals surface area contributed by atoms with Gasteiger partial charge in [0.05, 0.1) is 0 Å². The second kappa shape index (κ2) is 7.32. The van der Waals surface area contributed by atoms with Crippen LogP contribution in [0.3, 0.4) is 0 Å². The van der Waals surface area contributed by atoms with Gasteiger partial charge in [0.1, 0.15) is 0 Å². The van der Waals surface area contributed by atoms with Crippen LogP contribution in [0, 0.1) is 0 Å². The number of nitrogens with one attached hydrogen (secondary N) is 1. The topological polar surface area (TPSA) is 264 Å². The van der Waals surface area contributed by atoms with Crippen molar-refractivity contribution < 1.29 is 65.8 Å². The summed E-state index contributed by atoms with van der Waals surface area (Å²) in [4.78, 5) is 60.6. The zero-order valence-corrected chi connectivity index (χ0v) is 17.8. The molecule has 180 valence electrons. The third-order valence-corrected chi connectivity index (χ3v) is 8.30. The first-order chi connectivity index (χ1) is 14.3. The van der Waals surface area contributed by atoms with Gasteiger partial charge in [-0.1, -0.05) is 12.7 Å². The van der Waals surface area contributed by atoms with E-state index in [0.29, 0.717) is 10.6 Å². The van der Waals surface area contributed by atoms with E-state index in [1.807, 2.05) is 0 Å². The Labute approximate surface area is 174 Å². The third-order valence-electron chi connectivity index (χ3n) is 4.49. The molecule has 2 aliphatic rings. The molecular weight excluding hydrogens is 512 g/mol. The highest BCUT2D eigenvalue weighted by Gasteiger charge is 2.96. The maximum atomic E-state index is 15.2. The average molecular weight is 526 g/mol. The Morgan fingerprint density at radius 2 is 1.75 bits per heavy atom. The maximum absolute atomic E-state index is 15.2. The van der Waals surface area contributed by atoms with Gasteiger partial charge in [0, 0.05) is 12.3 Å². The van der Waals surface area contributed by atoms with Crippen LogP contribution < -0.4 is 11.2 Å². The standard InChI is InChI=1S/C11H14FN2O15P3/c1-2-9(17)7(14-4-3-5(15)13-8(14)16)26-11(12)6(10(9,11)18)27-31(22,23)29-32(24,25)28-30(19,20)21/h2-4,6-7,17-18H,1H2,(H,22,23)(H,24,25)(H,13,15,16)(H2,19,20,21)/t6?,7-,9+,10+,11-/m1/s1. The van der Waals surface area contributed by atoms with E-state index in [1.54, 1.807) is 4.98 Å². The van der Waals surface area contributed by atoms with E-state index in [2.05, 4.69) is 19.7 Å². The van der Waals surface area contributed by atoms with Crippen molar-refractivity contribution in [3.05, 3.63) is 45.8 Å². The summed E-state index contributed by atoms with van der Waals surface area (Å²) in [7, 11) is -17.6. The Morgan fingerprint density at radius 3 is 2.25 bits per heavy atom. The second-order valence-electron chi connectivity index (χ2n) is 6.50. The Morgan fingerprint density at radius 1 is 1.16 bits per heavy atom. The molecule has 0 aromatic carbocycles. The molecule has 1 aromatic rings. The highest BCUT2D eigenvalue weighted by atomic mass is 31.3. The summed E-state index contributed by atoms with van der Waals surface area (Å²) in [6.45, 7) is 3.17. The predicted octanol–water partition coefficient (Wildman–Crippen LogP) is -1.90. The van der Waals surface area contributed by atoms with Gasteiger partial charge in [-0.15, -0.1) is 0 Å². The predicted molar refractivity (Wildman–Crippen MR) is 94.1 cm³/mol. The maximum Gasteiger partial charge on any atom is 0.490 e. The normalized spacial score (nSPS) is 37.8. The lowest BCUT2D eigenvalue weighted by Crippen LogP contribution is -2.52. The molecule has 3 rings (SSSR count). The summed E-state index contributed by atoms with van der Waals surface area (Å²) in [6.07, 6.45) is -3.43. The van der Waals surface area contributed by atoms with Gasteiger partial charge in [-0.2, -0.15) is 8.62 Å². The molecule has 0 spiro atoms. The van der Waals surface area contributed by atoms with Crippen LogP contribution in [0.15, 0.2) is 34.5 Å². The van der Waals surface area contributed by atoms with Gasteiger partial charge in [-0.25, -0.2) is 22.9 Å². The number of phosphoric ester groups is 1. The molecule has 0 amide bonds. The summed E-state index contributed by atoms with van der Waals surface area (Å²) in [6, 6.07) is 0.788. The van der Waals surface area contributed by atoms with Gasteiger partial charge in [0.2, 0.25) is 0 Å². The summed E-state index contributed by atoms with van der Waals surface area (Å²) in [5.41, 5.74) is -8.29. The van der Waals surface area contributed by atoms with Crippen molar-refractivity contribution >= 4 is 23.5 Å².